The minimum atomic E-state index is -0.224. The second-order valence-corrected chi connectivity index (χ2v) is 8.60. The summed E-state index contributed by atoms with van der Waals surface area (Å²) in [6.07, 6.45) is 7.70. The van der Waals surface area contributed by atoms with E-state index in [1.807, 2.05) is 32.0 Å². The first-order valence-corrected chi connectivity index (χ1v) is 11.2. The Hall–Kier alpha value is -2.63. The Balaban J connectivity index is 2.12. The van der Waals surface area contributed by atoms with Crippen LogP contribution in [-0.2, 0) is 0 Å². The number of methoxy groups -OCH3 is 1. The van der Waals surface area contributed by atoms with E-state index in [-0.39, 0.29) is 18.1 Å². The van der Waals surface area contributed by atoms with Gasteiger partial charge in [-0.05, 0) is 58.2 Å². The third-order valence-electron chi connectivity index (χ3n) is 4.76. The lowest BCUT2D eigenvalue weighted by Crippen LogP contribution is -2.23. The van der Waals surface area contributed by atoms with E-state index in [1.165, 1.54) is 4.68 Å². The molecule has 3 aromatic rings. The topological polar surface area (TPSA) is 65.7 Å². The molecule has 1 aromatic heterocycles. The highest BCUT2D eigenvalue weighted by Crippen LogP contribution is 2.36. The van der Waals surface area contributed by atoms with Crippen molar-refractivity contribution >= 4 is 49.0 Å². The molecule has 3 rings (SSSR count). The summed E-state index contributed by atoms with van der Waals surface area (Å²) in [5.41, 5.74) is 1.14. The van der Waals surface area contributed by atoms with Crippen molar-refractivity contribution in [1.82, 2.24) is 9.66 Å². The molecule has 0 bridgehead atoms. The summed E-state index contributed by atoms with van der Waals surface area (Å²) in [6.45, 7) is 4.19. The van der Waals surface area contributed by atoms with Gasteiger partial charge < -0.3 is 9.47 Å². The molecule has 8 heteroatoms. The maximum atomic E-state index is 13.2. The van der Waals surface area contributed by atoms with E-state index >= 15 is 0 Å². The Labute approximate surface area is 197 Å². The van der Waals surface area contributed by atoms with E-state index in [0.29, 0.717) is 38.3 Å². The molecule has 0 unspecified atom stereocenters. The molecular weight excluding hydrogens is 526 g/mol. The average Bonchev–Trinajstić information content (AvgIpc) is 2.77. The Morgan fingerprint density at radius 1 is 1.32 bits per heavy atom. The summed E-state index contributed by atoms with van der Waals surface area (Å²) in [4.78, 5) is 17.9. The first-order chi connectivity index (χ1) is 14.9. The molecule has 1 atom stereocenters. The van der Waals surface area contributed by atoms with Gasteiger partial charge >= 0.3 is 0 Å². The highest BCUT2D eigenvalue weighted by molar-refractivity contribution is 9.10. The van der Waals surface area contributed by atoms with Crippen LogP contribution in [-0.4, -0.2) is 29.6 Å². The third-order valence-corrected chi connectivity index (χ3v) is 5.84. The van der Waals surface area contributed by atoms with Crippen molar-refractivity contribution in [2.75, 3.05) is 13.7 Å². The largest absolute Gasteiger partial charge is 0.493 e. The van der Waals surface area contributed by atoms with Crippen molar-refractivity contribution in [3.05, 3.63) is 61.0 Å². The van der Waals surface area contributed by atoms with Crippen molar-refractivity contribution in [3.8, 4) is 23.8 Å². The molecular formula is C23H21Br2N3O3. The fraction of sp³-hybridized carbons (Fsp3) is 0.261. The molecule has 0 aliphatic heterocycles. The predicted octanol–water partition coefficient (Wildman–Crippen LogP) is 5.34. The highest BCUT2D eigenvalue weighted by atomic mass is 79.9. The molecule has 0 radical (unpaired) electrons. The number of hydrogen-bond donors (Lipinski definition) is 0. The summed E-state index contributed by atoms with van der Waals surface area (Å²) in [5.74, 6) is 4.10. The van der Waals surface area contributed by atoms with Crippen LogP contribution in [0, 0.1) is 12.3 Å². The number of rotatable bonds is 7. The van der Waals surface area contributed by atoms with E-state index in [0.717, 1.165) is 10.9 Å². The van der Waals surface area contributed by atoms with Crippen molar-refractivity contribution in [2.24, 2.45) is 5.10 Å². The minimum Gasteiger partial charge on any atom is -0.493 e. The molecule has 2 aromatic carbocycles. The Morgan fingerprint density at radius 2 is 2.10 bits per heavy atom. The second kappa shape index (κ2) is 10.1. The maximum Gasteiger partial charge on any atom is 0.282 e. The molecule has 6 nitrogen and oxygen atoms in total. The van der Waals surface area contributed by atoms with Crippen LogP contribution in [0.3, 0.4) is 0 Å². The van der Waals surface area contributed by atoms with Crippen LogP contribution in [0.4, 0.5) is 0 Å². The van der Waals surface area contributed by atoms with Crippen molar-refractivity contribution in [2.45, 2.75) is 26.2 Å². The molecule has 0 aliphatic rings. The molecule has 31 heavy (non-hydrogen) atoms. The number of terminal acetylenes is 1. The summed E-state index contributed by atoms with van der Waals surface area (Å²) >= 11 is 6.90. The molecule has 1 heterocycles. The fourth-order valence-corrected chi connectivity index (χ4v) is 3.91. The van der Waals surface area contributed by atoms with E-state index in [2.05, 4.69) is 42.9 Å². The van der Waals surface area contributed by atoms with Crippen LogP contribution in [0.25, 0.3) is 10.9 Å². The van der Waals surface area contributed by atoms with Gasteiger partial charge in [0.2, 0.25) is 0 Å². The zero-order valence-electron chi connectivity index (χ0n) is 17.4. The van der Waals surface area contributed by atoms with E-state index in [4.69, 9.17) is 20.9 Å². The normalized spacial score (nSPS) is 12.1. The van der Waals surface area contributed by atoms with Gasteiger partial charge in [-0.1, -0.05) is 35.7 Å². The molecule has 0 saturated carbocycles. The molecule has 0 fully saturated rings. The summed E-state index contributed by atoms with van der Waals surface area (Å²) in [5, 5.41) is 4.98. The Bertz CT molecular complexity index is 1250. The van der Waals surface area contributed by atoms with E-state index < -0.39 is 0 Å². The summed E-state index contributed by atoms with van der Waals surface area (Å²) in [6, 6.07) is 9.04. The summed E-state index contributed by atoms with van der Waals surface area (Å²) < 4.78 is 13.8. The van der Waals surface area contributed by atoms with E-state index in [1.54, 1.807) is 25.5 Å². The van der Waals surface area contributed by atoms with Crippen molar-refractivity contribution in [3.63, 3.8) is 0 Å². The van der Waals surface area contributed by atoms with Crippen molar-refractivity contribution < 1.29 is 9.47 Å². The first-order valence-electron chi connectivity index (χ1n) is 9.59. The van der Waals surface area contributed by atoms with Crippen LogP contribution in [0.1, 0.15) is 37.6 Å². The molecule has 0 amide bonds. The van der Waals surface area contributed by atoms with Crippen LogP contribution in [0.5, 0.6) is 11.5 Å². The number of aromatic nitrogens is 2. The van der Waals surface area contributed by atoms with Crippen LogP contribution >= 0.6 is 31.9 Å². The Morgan fingerprint density at radius 3 is 2.77 bits per heavy atom. The Kier molecular flexibility index (Phi) is 7.52. The lowest BCUT2D eigenvalue weighted by Gasteiger charge is -2.14. The minimum absolute atomic E-state index is 0.0544. The smallest absolute Gasteiger partial charge is 0.282 e. The number of benzene rings is 2. The van der Waals surface area contributed by atoms with Gasteiger partial charge in [-0.15, -0.1) is 6.42 Å². The fourth-order valence-electron chi connectivity index (χ4n) is 2.97. The summed E-state index contributed by atoms with van der Waals surface area (Å²) in [7, 11) is 1.54. The van der Waals surface area contributed by atoms with Crippen molar-refractivity contribution in [1.29, 1.82) is 0 Å². The van der Waals surface area contributed by atoms with Gasteiger partial charge in [0, 0.05) is 10.4 Å². The van der Waals surface area contributed by atoms with Gasteiger partial charge in [-0.25, -0.2) is 4.98 Å². The van der Waals surface area contributed by atoms with Gasteiger partial charge in [0.05, 0.1) is 28.7 Å². The van der Waals surface area contributed by atoms with Gasteiger partial charge in [0.15, 0.2) is 11.5 Å². The average molecular weight is 547 g/mol. The number of halogens is 2. The zero-order chi connectivity index (χ0) is 22.5. The molecule has 0 spiro atoms. The molecule has 0 aliphatic carbocycles. The lowest BCUT2D eigenvalue weighted by molar-refractivity contribution is 0.329. The third kappa shape index (κ3) is 5.00. The predicted molar refractivity (Wildman–Crippen MR) is 130 cm³/mol. The van der Waals surface area contributed by atoms with Gasteiger partial charge in [-0.3, -0.25) is 4.79 Å². The van der Waals surface area contributed by atoms with Gasteiger partial charge in [0.1, 0.15) is 12.4 Å². The number of hydrogen-bond acceptors (Lipinski definition) is 5. The van der Waals surface area contributed by atoms with Gasteiger partial charge in [0.25, 0.3) is 5.56 Å². The lowest BCUT2D eigenvalue weighted by atomic mass is 10.1. The zero-order valence-corrected chi connectivity index (χ0v) is 20.5. The SMILES string of the molecule is C#CCOc1c(Br)cc(C=Nn2c([C@H](C)CC)nc3ccc(Br)cc3c2=O)cc1OC. The standard InChI is InChI=1S/C23H21Br2N3O3/c1-5-9-31-21-18(25)10-15(11-20(21)30-4)13-26-28-22(14(3)6-2)27-19-8-7-16(24)12-17(19)23(28)29/h1,7-8,10-14H,6,9H2,2-4H3/t14-/m1/s1. The monoisotopic (exact) mass is 545 g/mol. The van der Waals surface area contributed by atoms with Crippen LogP contribution < -0.4 is 15.0 Å². The molecule has 0 saturated heterocycles. The maximum absolute atomic E-state index is 13.2. The number of fused-ring (bicyclic) bond motifs is 1. The molecule has 160 valence electrons. The number of nitrogens with zero attached hydrogens (tertiary/aromatic N) is 3. The van der Waals surface area contributed by atoms with Gasteiger partial charge in [-0.2, -0.15) is 9.78 Å². The highest BCUT2D eigenvalue weighted by Gasteiger charge is 2.16. The van der Waals surface area contributed by atoms with E-state index in [9.17, 15) is 4.79 Å². The first kappa shape index (κ1) is 23.0. The molecule has 0 N–H and O–H groups in total. The van der Waals surface area contributed by atoms with Crippen LogP contribution in [0.2, 0.25) is 0 Å². The van der Waals surface area contributed by atoms with Crippen LogP contribution in [0.15, 0.2) is 49.2 Å². The number of ether oxygens (including phenoxy) is 2. The second-order valence-electron chi connectivity index (χ2n) is 6.83. The quantitative estimate of drug-likeness (QED) is 0.296.